The molecule has 0 amide bonds. The Morgan fingerprint density at radius 2 is 2.16 bits per heavy atom. The lowest BCUT2D eigenvalue weighted by Crippen LogP contribution is -2.14. The van der Waals surface area contributed by atoms with Gasteiger partial charge in [0.2, 0.25) is 0 Å². The van der Waals surface area contributed by atoms with E-state index in [1.54, 1.807) is 6.07 Å². The molecule has 2 rings (SSSR count). The molecule has 2 nitrogen and oxygen atoms in total. The fourth-order valence-electron chi connectivity index (χ4n) is 2.37. The number of ketones is 1. The first-order chi connectivity index (χ1) is 8.95. The normalized spacial score (nSPS) is 19.6. The van der Waals surface area contributed by atoms with Gasteiger partial charge in [0.05, 0.1) is 5.56 Å². The van der Waals surface area contributed by atoms with Crippen LogP contribution in [0.1, 0.15) is 24.0 Å². The van der Waals surface area contributed by atoms with E-state index in [4.69, 9.17) is 0 Å². The van der Waals surface area contributed by atoms with Crippen molar-refractivity contribution in [2.24, 2.45) is 5.92 Å². The van der Waals surface area contributed by atoms with E-state index >= 15 is 0 Å². The number of carbonyl (C=O) groups excluding carboxylic acids is 1. The predicted octanol–water partition coefficient (Wildman–Crippen LogP) is 2.82. The maximum absolute atomic E-state index is 12.5. The lowest BCUT2D eigenvalue weighted by molar-refractivity contribution is -0.137. The highest BCUT2D eigenvalue weighted by Gasteiger charge is 2.30. The second-order valence-electron chi connectivity index (χ2n) is 4.98. The summed E-state index contributed by atoms with van der Waals surface area (Å²) >= 11 is 0. The van der Waals surface area contributed by atoms with Crippen molar-refractivity contribution < 1.29 is 18.0 Å². The quantitative estimate of drug-likeness (QED) is 0.912. The van der Waals surface area contributed by atoms with Crippen molar-refractivity contribution >= 4 is 5.78 Å². The number of halogens is 3. The van der Waals surface area contributed by atoms with Gasteiger partial charge in [0.15, 0.2) is 0 Å². The largest absolute Gasteiger partial charge is 0.416 e. The van der Waals surface area contributed by atoms with Gasteiger partial charge in [-0.15, -0.1) is 0 Å². The van der Waals surface area contributed by atoms with Gasteiger partial charge in [0.25, 0.3) is 0 Å². The Morgan fingerprint density at radius 1 is 1.37 bits per heavy atom. The van der Waals surface area contributed by atoms with E-state index in [-0.39, 0.29) is 12.2 Å². The smallest absolute Gasteiger partial charge is 0.316 e. The topological polar surface area (TPSA) is 29.1 Å². The molecule has 1 heterocycles. The first-order valence-electron chi connectivity index (χ1n) is 6.33. The van der Waals surface area contributed by atoms with Crippen LogP contribution in [-0.4, -0.2) is 18.9 Å². The Balaban J connectivity index is 1.96. The summed E-state index contributed by atoms with van der Waals surface area (Å²) in [5, 5.41) is 3.17. The summed E-state index contributed by atoms with van der Waals surface area (Å²) in [6.07, 6.45) is -2.85. The standard InChI is InChI=1S/C14H16F3NO/c15-14(16,17)12-3-1-2-10(6-12)7-13(19)8-11-4-5-18-9-11/h1-3,6,11,18H,4-5,7-9H2. The molecule has 1 aliphatic rings. The number of alkyl halides is 3. The summed E-state index contributed by atoms with van der Waals surface area (Å²) < 4.78 is 37.6. The Kier molecular flexibility index (Phi) is 4.24. The summed E-state index contributed by atoms with van der Waals surface area (Å²) in [7, 11) is 0. The van der Waals surface area contributed by atoms with Crippen LogP contribution in [0, 0.1) is 5.92 Å². The van der Waals surface area contributed by atoms with Crippen LogP contribution in [0.15, 0.2) is 24.3 Å². The molecule has 5 heteroatoms. The first kappa shape index (κ1) is 14.1. The van der Waals surface area contributed by atoms with Crippen molar-refractivity contribution in [1.82, 2.24) is 5.32 Å². The molecule has 0 bridgehead atoms. The molecule has 1 aliphatic heterocycles. The molecule has 0 spiro atoms. The zero-order valence-corrected chi connectivity index (χ0v) is 10.5. The molecule has 0 saturated carbocycles. The average Bonchev–Trinajstić information content (AvgIpc) is 2.80. The third kappa shape index (κ3) is 4.06. The number of carbonyl (C=O) groups is 1. The third-order valence-corrected chi connectivity index (χ3v) is 3.33. The molecular weight excluding hydrogens is 255 g/mol. The van der Waals surface area contributed by atoms with Gasteiger partial charge in [-0.25, -0.2) is 0 Å². The van der Waals surface area contributed by atoms with Gasteiger partial charge < -0.3 is 5.32 Å². The number of hydrogen-bond donors (Lipinski definition) is 1. The van der Waals surface area contributed by atoms with Gasteiger partial charge in [0.1, 0.15) is 5.78 Å². The van der Waals surface area contributed by atoms with Gasteiger partial charge >= 0.3 is 6.18 Å². The highest BCUT2D eigenvalue weighted by molar-refractivity contribution is 5.81. The van der Waals surface area contributed by atoms with E-state index in [0.29, 0.717) is 17.9 Å². The number of Topliss-reactive ketones (excluding diaryl/α,β-unsaturated/α-hetero) is 1. The van der Waals surface area contributed by atoms with E-state index in [9.17, 15) is 18.0 Å². The van der Waals surface area contributed by atoms with E-state index in [0.717, 1.165) is 31.6 Å². The fourth-order valence-corrected chi connectivity index (χ4v) is 2.37. The minimum absolute atomic E-state index is 0.00743. The van der Waals surface area contributed by atoms with Gasteiger partial charge in [-0.1, -0.05) is 18.2 Å². The van der Waals surface area contributed by atoms with Gasteiger partial charge in [-0.2, -0.15) is 13.2 Å². The molecule has 1 fully saturated rings. The van der Waals surface area contributed by atoms with E-state index < -0.39 is 11.7 Å². The van der Waals surface area contributed by atoms with Crippen LogP contribution in [-0.2, 0) is 17.4 Å². The van der Waals surface area contributed by atoms with Crippen LogP contribution < -0.4 is 5.32 Å². The summed E-state index contributed by atoms with van der Waals surface area (Å²) in [4.78, 5) is 11.8. The van der Waals surface area contributed by atoms with Crippen molar-refractivity contribution in [3.63, 3.8) is 0 Å². The molecule has 1 atom stereocenters. The molecule has 0 aliphatic carbocycles. The maximum Gasteiger partial charge on any atom is 0.416 e. The Labute approximate surface area is 110 Å². The molecule has 0 aromatic heterocycles. The first-order valence-corrected chi connectivity index (χ1v) is 6.33. The maximum atomic E-state index is 12.5. The molecule has 19 heavy (non-hydrogen) atoms. The molecule has 1 aromatic rings. The summed E-state index contributed by atoms with van der Waals surface area (Å²) in [6.45, 7) is 1.75. The molecule has 1 aromatic carbocycles. The van der Waals surface area contributed by atoms with Crippen LogP contribution in [0.5, 0.6) is 0 Å². The summed E-state index contributed by atoms with van der Waals surface area (Å²) in [5.41, 5.74) is -0.258. The SMILES string of the molecule is O=C(Cc1cccc(C(F)(F)F)c1)CC1CCNC1. The molecule has 0 radical (unpaired) electrons. The van der Waals surface area contributed by atoms with Crippen molar-refractivity contribution in [3.8, 4) is 0 Å². The zero-order valence-electron chi connectivity index (χ0n) is 10.5. The van der Waals surface area contributed by atoms with Crippen LogP contribution in [0.3, 0.4) is 0 Å². The Morgan fingerprint density at radius 3 is 2.79 bits per heavy atom. The monoisotopic (exact) mass is 271 g/mol. The zero-order chi connectivity index (χ0) is 13.9. The summed E-state index contributed by atoms with van der Waals surface area (Å²) in [6, 6.07) is 5.00. The lowest BCUT2D eigenvalue weighted by atomic mass is 9.97. The number of nitrogens with one attached hydrogen (secondary N) is 1. The lowest BCUT2D eigenvalue weighted by Gasteiger charge is -2.10. The Hall–Kier alpha value is -1.36. The molecule has 1 saturated heterocycles. The number of benzene rings is 1. The van der Waals surface area contributed by atoms with Crippen molar-refractivity contribution in [3.05, 3.63) is 35.4 Å². The van der Waals surface area contributed by atoms with Gasteiger partial charge in [0, 0.05) is 12.8 Å². The van der Waals surface area contributed by atoms with E-state index in [1.807, 2.05) is 0 Å². The third-order valence-electron chi connectivity index (χ3n) is 3.33. The molecule has 1 N–H and O–H groups in total. The average molecular weight is 271 g/mol. The fraction of sp³-hybridized carbons (Fsp3) is 0.500. The highest BCUT2D eigenvalue weighted by Crippen LogP contribution is 2.29. The highest BCUT2D eigenvalue weighted by atomic mass is 19.4. The number of rotatable bonds is 4. The number of hydrogen-bond acceptors (Lipinski definition) is 2. The van der Waals surface area contributed by atoms with Crippen molar-refractivity contribution in [1.29, 1.82) is 0 Å². The molecule has 104 valence electrons. The van der Waals surface area contributed by atoms with E-state index in [1.165, 1.54) is 6.07 Å². The molecular formula is C14H16F3NO. The van der Waals surface area contributed by atoms with Gasteiger partial charge in [-0.05, 0) is 37.1 Å². The Bertz CT molecular complexity index is 450. The minimum atomic E-state index is -4.35. The van der Waals surface area contributed by atoms with Crippen molar-refractivity contribution in [2.45, 2.75) is 25.4 Å². The summed E-state index contributed by atoms with van der Waals surface area (Å²) in [5.74, 6) is 0.339. The van der Waals surface area contributed by atoms with Crippen LogP contribution in [0.25, 0.3) is 0 Å². The van der Waals surface area contributed by atoms with Crippen LogP contribution >= 0.6 is 0 Å². The second kappa shape index (κ2) is 5.74. The predicted molar refractivity (Wildman–Crippen MR) is 65.7 cm³/mol. The van der Waals surface area contributed by atoms with Crippen LogP contribution in [0.4, 0.5) is 13.2 Å². The van der Waals surface area contributed by atoms with Crippen LogP contribution in [0.2, 0.25) is 0 Å². The van der Waals surface area contributed by atoms with E-state index in [2.05, 4.69) is 5.32 Å². The minimum Gasteiger partial charge on any atom is -0.316 e. The second-order valence-corrected chi connectivity index (χ2v) is 4.98. The molecule has 1 unspecified atom stereocenters. The van der Waals surface area contributed by atoms with Crippen molar-refractivity contribution in [2.75, 3.05) is 13.1 Å². The van der Waals surface area contributed by atoms with Gasteiger partial charge in [-0.3, -0.25) is 4.79 Å².